The lowest BCUT2D eigenvalue weighted by Crippen LogP contribution is -2.25. The summed E-state index contributed by atoms with van der Waals surface area (Å²) in [6.07, 6.45) is 4.73. The molecule has 3 rings (SSSR count). The molecule has 7 nitrogen and oxygen atoms in total. The van der Waals surface area contributed by atoms with Gasteiger partial charge in [0.1, 0.15) is 5.75 Å². The van der Waals surface area contributed by atoms with Crippen LogP contribution in [-0.2, 0) is 16.1 Å². The Morgan fingerprint density at radius 2 is 2.07 bits per heavy atom. The fraction of sp³-hybridized carbons (Fsp3) is 0.381. The standard InChI is InChI=1S/C21H23Cl2N3O4/c1-2-28-20(27)13-29-21-17(6-5-9-25-21)30-18-10-14(15(22)11-16(18)23)12-26-19-7-3-4-8-24-19/h5-6,9-11H,2-4,7-8,12-13H2,1H3,(H,24,26). The molecule has 2 heterocycles. The van der Waals surface area contributed by atoms with E-state index >= 15 is 0 Å². The SMILES string of the molecule is CCOC(=O)COc1ncccc1Oc1cc(CNC2=NCCCC2)c(Cl)cc1Cl. The first kappa shape index (κ1) is 22.2. The van der Waals surface area contributed by atoms with E-state index in [-0.39, 0.29) is 19.1 Å². The Kier molecular flexibility index (Phi) is 8.16. The van der Waals surface area contributed by atoms with Gasteiger partial charge in [-0.05, 0) is 49.6 Å². The Morgan fingerprint density at radius 1 is 1.20 bits per heavy atom. The minimum absolute atomic E-state index is 0.160. The first-order chi connectivity index (χ1) is 14.6. The molecule has 0 atom stereocenters. The van der Waals surface area contributed by atoms with E-state index in [1.165, 1.54) is 6.20 Å². The number of nitrogens with zero attached hydrogens (tertiary/aromatic N) is 2. The van der Waals surface area contributed by atoms with Crippen LogP contribution in [0.1, 0.15) is 31.7 Å². The van der Waals surface area contributed by atoms with E-state index in [0.717, 1.165) is 37.2 Å². The third-order valence-corrected chi connectivity index (χ3v) is 4.94. The molecule has 160 valence electrons. The third kappa shape index (κ3) is 6.24. The molecular weight excluding hydrogens is 429 g/mol. The molecule has 1 N–H and O–H groups in total. The van der Waals surface area contributed by atoms with Crippen LogP contribution in [0.5, 0.6) is 17.4 Å². The number of hydrogen-bond acceptors (Lipinski definition) is 7. The van der Waals surface area contributed by atoms with Gasteiger partial charge in [-0.1, -0.05) is 23.2 Å². The molecule has 1 aromatic carbocycles. The summed E-state index contributed by atoms with van der Waals surface area (Å²) in [6, 6.07) is 6.77. The molecular formula is C21H23Cl2N3O4. The van der Waals surface area contributed by atoms with Crippen molar-refractivity contribution in [2.24, 2.45) is 4.99 Å². The number of benzene rings is 1. The predicted octanol–water partition coefficient (Wildman–Crippen LogP) is 4.79. The van der Waals surface area contributed by atoms with Gasteiger partial charge in [0.2, 0.25) is 0 Å². The second-order valence-corrected chi connectivity index (χ2v) is 7.33. The smallest absolute Gasteiger partial charge is 0.344 e. The molecule has 0 bridgehead atoms. The van der Waals surface area contributed by atoms with E-state index in [2.05, 4.69) is 15.3 Å². The van der Waals surface area contributed by atoms with E-state index in [1.807, 2.05) is 0 Å². The molecule has 0 spiro atoms. The predicted molar refractivity (Wildman–Crippen MR) is 116 cm³/mol. The number of hydrogen-bond donors (Lipinski definition) is 1. The summed E-state index contributed by atoms with van der Waals surface area (Å²) in [5.41, 5.74) is 0.822. The van der Waals surface area contributed by atoms with Gasteiger partial charge in [0, 0.05) is 30.7 Å². The van der Waals surface area contributed by atoms with Crippen LogP contribution in [0.3, 0.4) is 0 Å². The molecule has 30 heavy (non-hydrogen) atoms. The van der Waals surface area contributed by atoms with Crippen molar-refractivity contribution < 1.29 is 19.0 Å². The van der Waals surface area contributed by atoms with Crippen LogP contribution in [0.15, 0.2) is 35.5 Å². The highest BCUT2D eigenvalue weighted by Gasteiger charge is 2.15. The van der Waals surface area contributed by atoms with Crippen LogP contribution < -0.4 is 14.8 Å². The number of pyridine rings is 1. The average molecular weight is 452 g/mol. The molecule has 1 aromatic heterocycles. The van der Waals surface area contributed by atoms with Gasteiger partial charge in [0.05, 0.1) is 17.5 Å². The monoisotopic (exact) mass is 451 g/mol. The minimum Gasteiger partial charge on any atom is -0.463 e. The van der Waals surface area contributed by atoms with Gasteiger partial charge >= 0.3 is 5.97 Å². The van der Waals surface area contributed by atoms with Crippen LogP contribution in [-0.4, -0.2) is 36.5 Å². The molecule has 0 aliphatic carbocycles. The average Bonchev–Trinajstić information content (AvgIpc) is 2.75. The summed E-state index contributed by atoms with van der Waals surface area (Å²) in [7, 11) is 0. The highest BCUT2D eigenvalue weighted by atomic mass is 35.5. The van der Waals surface area contributed by atoms with Crippen molar-refractivity contribution in [1.29, 1.82) is 0 Å². The molecule has 0 amide bonds. The highest BCUT2D eigenvalue weighted by molar-refractivity contribution is 6.36. The van der Waals surface area contributed by atoms with Crippen molar-refractivity contribution in [2.75, 3.05) is 19.8 Å². The van der Waals surface area contributed by atoms with E-state index in [0.29, 0.717) is 28.1 Å². The van der Waals surface area contributed by atoms with Crippen LogP contribution >= 0.6 is 23.2 Å². The van der Waals surface area contributed by atoms with E-state index in [9.17, 15) is 4.79 Å². The third-order valence-electron chi connectivity index (χ3n) is 4.30. The summed E-state index contributed by atoms with van der Waals surface area (Å²) in [5, 5.41) is 4.20. The second kappa shape index (κ2) is 11.0. The molecule has 0 saturated carbocycles. The molecule has 1 aliphatic heterocycles. The fourth-order valence-electron chi connectivity index (χ4n) is 2.83. The Morgan fingerprint density at radius 3 is 2.83 bits per heavy atom. The maximum Gasteiger partial charge on any atom is 0.344 e. The lowest BCUT2D eigenvalue weighted by molar-refractivity contribution is -0.145. The molecule has 2 aromatic rings. The van der Waals surface area contributed by atoms with E-state index in [1.54, 1.807) is 31.2 Å². The van der Waals surface area contributed by atoms with Crippen LogP contribution in [0.25, 0.3) is 0 Å². The van der Waals surface area contributed by atoms with Gasteiger partial charge in [0.25, 0.3) is 5.88 Å². The number of carbonyl (C=O) groups is 1. The lowest BCUT2D eigenvalue weighted by Gasteiger charge is -2.16. The van der Waals surface area contributed by atoms with Crippen molar-refractivity contribution in [3.8, 4) is 17.4 Å². The zero-order chi connectivity index (χ0) is 21.3. The quantitative estimate of drug-likeness (QED) is 0.580. The van der Waals surface area contributed by atoms with Crippen molar-refractivity contribution >= 4 is 35.0 Å². The summed E-state index contributed by atoms with van der Waals surface area (Å²) in [5.74, 6) is 1.38. The normalized spacial score (nSPS) is 13.4. The Hall–Kier alpha value is -2.51. The summed E-state index contributed by atoms with van der Waals surface area (Å²) in [6.45, 7) is 3.08. The zero-order valence-electron chi connectivity index (χ0n) is 16.6. The van der Waals surface area contributed by atoms with Crippen LogP contribution in [0.2, 0.25) is 10.0 Å². The summed E-state index contributed by atoms with van der Waals surface area (Å²) < 4.78 is 16.2. The van der Waals surface area contributed by atoms with Crippen molar-refractivity contribution in [3.05, 3.63) is 46.1 Å². The number of aliphatic imine (C=N–C) groups is 1. The topological polar surface area (TPSA) is 82.0 Å². The minimum atomic E-state index is -0.488. The van der Waals surface area contributed by atoms with Gasteiger partial charge in [-0.25, -0.2) is 9.78 Å². The number of ether oxygens (including phenoxy) is 3. The maximum atomic E-state index is 11.6. The first-order valence-electron chi connectivity index (χ1n) is 9.73. The Labute approximate surface area is 185 Å². The lowest BCUT2D eigenvalue weighted by atomic mass is 10.1. The number of amidine groups is 1. The number of nitrogens with one attached hydrogen (secondary N) is 1. The number of rotatable bonds is 8. The first-order valence-corrected chi connectivity index (χ1v) is 10.5. The van der Waals surface area contributed by atoms with Crippen LogP contribution in [0.4, 0.5) is 0 Å². The number of carbonyl (C=O) groups excluding carboxylic acids is 1. The summed E-state index contributed by atoms with van der Waals surface area (Å²) >= 11 is 12.7. The van der Waals surface area contributed by atoms with Gasteiger partial charge < -0.3 is 19.5 Å². The zero-order valence-corrected chi connectivity index (χ0v) is 18.1. The molecule has 1 aliphatic rings. The highest BCUT2D eigenvalue weighted by Crippen LogP contribution is 2.37. The Balaban J connectivity index is 1.73. The molecule has 9 heteroatoms. The number of esters is 1. The fourth-order valence-corrected chi connectivity index (χ4v) is 3.32. The molecule has 0 radical (unpaired) electrons. The van der Waals surface area contributed by atoms with Crippen LogP contribution in [0, 0.1) is 0 Å². The number of aromatic nitrogens is 1. The summed E-state index contributed by atoms with van der Waals surface area (Å²) in [4.78, 5) is 20.2. The largest absolute Gasteiger partial charge is 0.463 e. The maximum absolute atomic E-state index is 11.6. The van der Waals surface area contributed by atoms with Gasteiger partial charge in [-0.3, -0.25) is 4.99 Å². The van der Waals surface area contributed by atoms with Gasteiger partial charge in [0.15, 0.2) is 12.4 Å². The van der Waals surface area contributed by atoms with Crippen molar-refractivity contribution in [1.82, 2.24) is 10.3 Å². The van der Waals surface area contributed by atoms with Crippen molar-refractivity contribution in [2.45, 2.75) is 32.7 Å². The molecule has 0 fully saturated rings. The van der Waals surface area contributed by atoms with Crippen molar-refractivity contribution in [3.63, 3.8) is 0 Å². The van der Waals surface area contributed by atoms with E-state index < -0.39 is 5.97 Å². The molecule has 0 unspecified atom stereocenters. The molecule has 0 saturated heterocycles. The second-order valence-electron chi connectivity index (χ2n) is 6.52. The van der Waals surface area contributed by atoms with Gasteiger partial charge in [-0.15, -0.1) is 0 Å². The van der Waals surface area contributed by atoms with Gasteiger partial charge in [-0.2, -0.15) is 0 Å². The van der Waals surface area contributed by atoms with E-state index in [4.69, 9.17) is 37.4 Å². The Bertz CT molecular complexity index is 921. The number of halogens is 2.